The van der Waals surface area contributed by atoms with Gasteiger partial charge < -0.3 is 5.11 Å². The number of carboxylic acid groups (broad SMARTS) is 1. The molecular weight excluding hydrogens is 270 g/mol. The molecule has 0 aromatic heterocycles. The molecular formula is C16H21NO2S. The van der Waals surface area contributed by atoms with Gasteiger partial charge in [-0.3, -0.25) is 9.69 Å². The van der Waals surface area contributed by atoms with Crippen molar-refractivity contribution in [2.24, 2.45) is 0 Å². The van der Waals surface area contributed by atoms with Crippen molar-refractivity contribution < 1.29 is 9.90 Å². The quantitative estimate of drug-likeness (QED) is 0.905. The fourth-order valence-electron chi connectivity index (χ4n) is 2.83. The summed E-state index contributed by atoms with van der Waals surface area (Å²) in [6, 6.07) is 9.10. The van der Waals surface area contributed by atoms with Crippen LogP contribution < -0.4 is 0 Å². The van der Waals surface area contributed by atoms with Crippen molar-refractivity contribution in [3.05, 3.63) is 35.4 Å². The molecule has 1 saturated heterocycles. The summed E-state index contributed by atoms with van der Waals surface area (Å²) in [5.74, 6) is 2.16. The van der Waals surface area contributed by atoms with Gasteiger partial charge in [-0.05, 0) is 29.9 Å². The summed E-state index contributed by atoms with van der Waals surface area (Å²) in [6.07, 6.45) is 2.93. The van der Waals surface area contributed by atoms with Crippen LogP contribution in [0.3, 0.4) is 0 Å². The molecule has 1 aromatic rings. The summed E-state index contributed by atoms with van der Waals surface area (Å²) in [6.45, 7) is 1.87. The van der Waals surface area contributed by atoms with E-state index in [1.165, 1.54) is 24.0 Å². The molecule has 3 rings (SSSR count). The maximum atomic E-state index is 11.0. The molecule has 2 aliphatic rings. The molecule has 0 spiro atoms. The van der Waals surface area contributed by atoms with E-state index >= 15 is 0 Å². The first-order valence-corrected chi connectivity index (χ1v) is 8.50. The molecule has 20 heavy (non-hydrogen) atoms. The van der Waals surface area contributed by atoms with Gasteiger partial charge in [0.2, 0.25) is 0 Å². The lowest BCUT2D eigenvalue weighted by Gasteiger charge is -2.34. The molecule has 4 heteroatoms. The normalized spacial score (nSPS) is 23.7. The van der Waals surface area contributed by atoms with Gasteiger partial charge in [-0.1, -0.05) is 24.3 Å². The number of rotatable bonds is 5. The van der Waals surface area contributed by atoms with Crippen molar-refractivity contribution in [1.82, 2.24) is 4.90 Å². The Morgan fingerprint density at radius 1 is 1.30 bits per heavy atom. The van der Waals surface area contributed by atoms with Gasteiger partial charge in [0.1, 0.15) is 0 Å². The summed E-state index contributed by atoms with van der Waals surface area (Å²) < 4.78 is 0. The SMILES string of the molecule is O=C(O)CC1CSCCN1Cc1ccc(C2CC2)cc1. The van der Waals surface area contributed by atoms with Crippen molar-refractivity contribution in [1.29, 1.82) is 0 Å². The standard InChI is InChI=1S/C16H21NO2S/c18-16(19)9-15-11-20-8-7-17(15)10-12-1-3-13(4-2-12)14-5-6-14/h1-4,14-15H,5-11H2,(H,18,19). The van der Waals surface area contributed by atoms with E-state index in [2.05, 4.69) is 29.2 Å². The number of hydrogen-bond donors (Lipinski definition) is 1. The number of thioether (sulfide) groups is 1. The van der Waals surface area contributed by atoms with Gasteiger partial charge in [-0.25, -0.2) is 0 Å². The van der Waals surface area contributed by atoms with Crippen LogP contribution in [0.15, 0.2) is 24.3 Å². The summed E-state index contributed by atoms with van der Waals surface area (Å²) in [5, 5.41) is 9.02. The van der Waals surface area contributed by atoms with E-state index in [0.717, 1.165) is 30.5 Å². The Morgan fingerprint density at radius 2 is 2.05 bits per heavy atom. The van der Waals surface area contributed by atoms with E-state index < -0.39 is 5.97 Å². The Bertz CT molecular complexity index is 470. The summed E-state index contributed by atoms with van der Waals surface area (Å²) in [4.78, 5) is 13.3. The predicted octanol–water partition coefficient (Wildman–Crippen LogP) is 2.96. The zero-order chi connectivity index (χ0) is 13.9. The van der Waals surface area contributed by atoms with E-state index in [0.29, 0.717) is 0 Å². The fourth-order valence-corrected chi connectivity index (χ4v) is 3.96. The monoisotopic (exact) mass is 291 g/mol. The number of nitrogens with zero attached hydrogens (tertiary/aromatic N) is 1. The minimum absolute atomic E-state index is 0.175. The first-order valence-electron chi connectivity index (χ1n) is 7.35. The molecule has 1 saturated carbocycles. The lowest BCUT2D eigenvalue weighted by molar-refractivity contribution is -0.138. The highest BCUT2D eigenvalue weighted by molar-refractivity contribution is 7.99. The van der Waals surface area contributed by atoms with Gasteiger partial charge >= 0.3 is 5.97 Å². The van der Waals surface area contributed by atoms with Crippen molar-refractivity contribution in [2.45, 2.75) is 37.8 Å². The Morgan fingerprint density at radius 3 is 2.70 bits per heavy atom. The van der Waals surface area contributed by atoms with Crippen LogP contribution in [-0.4, -0.2) is 40.1 Å². The third-order valence-corrected chi connectivity index (χ3v) is 5.27. The van der Waals surface area contributed by atoms with Crippen molar-refractivity contribution in [3.8, 4) is 0 Å². The number of carboxylic acids is 1. The molecule has 2 fully saturated rings. The molecule has 3 nitrogen and oxygen atoms in total. The average molecular weight is 291 g/mol. The highest BCUT2D eigenvalue weighted by atomic mass is 32.2. The Kier molecular flexibility index (Phi) is 4.32. The summed E-state index contributed by atoms with van der Waals surface area (Å²) in [5.41, 5.74) is 2.77. The molecule has 0 bridgehead atoms. The smallest absolute Gasteiger partial charge is 0.304 e. The van der Waals surface area contributed by atoms with Crippen LogP contribution in [-0.2, 0) is 11.3 Å². The second kappa shape index (κ2) is 6.19. The maximum Gasteiger partial charge on any atom is 0.304 e. The molecule has 1 aromatic carbocycles. The van der Waals surface area contributed by atoms with Crippen LogP contribution in [0.1, 0.15) is 36.3 Å². The minimum Gasteiger partial charge on any atom is -0.481 e. The molecule has 1 N–H and O–H groups in total. The summed E-state index contributed by atoms with van der Waals surface area (Å²) in [7, 11) is 0. The van der Waals surface area contributed by atoms with Crippen LogP contribution in [0.4, 0.5) is 0 Å². The first-order chi connectivity index (χ1) is 9.72. The summed E-state index contributed by atoms with van der Waals surface area (Å²) >= 11 is 1.87. The van der Waals surface area contributed by atoms with Crippen LogP contribution >= 0.6 is 11.8 Å². The van der Waals surface area contributed by atoms with Gasteiger partial charge in [-0.2, -0.15) is 11.8 Å². The fraction of sp³-hybridized carbons (Fsp3) is 0.562. The molecule has 1 atom stereocenters. The van der Waals surface area contributed by atoms with Gasteiger partial charge in [0.25, 0.3) is 0 Å². The van der Waals surface area contributed by atoms with Crippen molar-refractivity contribution in [2.75, 3.05) is 18.1 Å². The Labute approximate surface area is 124 Å². The third kappa shape index (κ3) is 3.55. The number of carbonyl (C=O) groups is 1. The molecule has 1 aliphatic carbocycles. The second-order valence-electron chi connectivity index (χ2n) is 5.81. The Hall–Kier alpha value is -1.00. The van der Waals surface area contributed by atoms with Gasteiger partial charge in [0.05, 0.1) is 6.42 Å². The van der Waals surface area contributed by atoms with Gasteiger partial charge in [0.15, 0.2) is 0 Å². The lowest BCUT2D eigenvalue weighted by Crippen LogP contribution is -2.42. The highest BCUT2D eigenvalue weighted by Crippen LogP contribution is 2.40. The van der Waals surface area contributed by atoms with E-state index in [-0.39, 0.29) is 12.5 Å². The van der Waals surface area contributed by atoms with Crippen LogP contribution in [0.5, 0.6) is 0 Å². The maximum absolute atomic E-state index is 11.0. The molecule has 0 amide bonds. The van der Waals surface area contributed by atoms with Gasteiger partial charge in [-0.15, -0.1) is 0 Å². The number of benzene rings is 1. The predicted molar refractivity (Wildman–Crippen MR) is 82.2 cm³/mol. The zero-order valence-corrected chi connectivity index (χ0v) is 12.4. The van der Waals surface area contributed by atoms with Crippen molar-refractivity contribution in [3.63, 3.8) is 0 Å². The van der Waals surface area contributed by atoms with Crippen molar-refractivity contribution >= 4 is 17.7 Å². The molecule has 1 aliphatic heterocycles. The molecule has 108 valence electrons. The molecule has 1 unspecified atom stereocenters. The van der Waals surface area contributed by atoms with E-state index in [1.54, 1.807) is 0 Å². The average Bonchev–Trinajstić information content (AvgIpc) is 3.26. The first kappa shape index (κ1) is 14.0. The minimum atomic E-state index is -0.688. The number of hydrogen-bond acceptors (Lipinski definition) is 3. The lowest BCUT2D eigenvalue weighted by atomic mass is 10.1. The van der Waals surface area contributed by atoms with E-state index in [4.69, 9.17) is 5.11 Å². The number of aliphatic carboxylic acids is 1. The largest absolute Gasteiger partial charge is 0.481 e. The second-order valence-corrected chi connectivity index (χ2v) is 6.96. The van der Waals surface area contributed by atoms with Crippen LogP contribution in [0.25, 0.3) is 0 Å². The topological polar surface area (TPSA) is 40.5 Å². The van der Waals surface area contributed by atoms with Crippen LogP contribution in [0.2, 0.25) is 0 Å². The van der Waals surface area contributed by atoms with E-state index in [1.807, 2.05) is 11.8 Å². The van der Waals surface area contributed by atoms with Gasteiger partial charge in [0, 0.05) is 30.6 Å². The highest BCUT2D eigenvalue weighted by Gasteiger charge is 2.26. The molecule has 1 heterocycles. The zero-order valence-electron chi connectivity index (χ0n) is 11.6. The van der Waals surface area contributed by atoms with Crippen LogP contribution in [0, 0.1) is 0 Å². The third-order valence-electron chi connectivity index (χ3n) is 4.17. The van der Waals surface area contributed by atoms with E-state index in [9.17, 15) is 4.79 Å². The molecule has 0 radical (unpaired) electrons. The Balaban J connectivity index is 1.63.